The molecule has 2 fully saturated rings. The van der Waals surface area contributed by atoms with Crippen molar-refractivity contribution in [1.82, 2.24) is 15.8 Å². The van der Waals surface area contributed by atoms with Crippen LogP contribution in [-0.4, -0.2) is 54.4 Å². The third-order valence-corrected chi connectivity index (χ3v) is 5.77. The van der Waals surface area contributed by atoms with Gasteiger partial charge in [0.25, 0.3) is 0 Å². The molecular weight excluding hydrogens is 374 g/mol. The summed E-state index contributed by atoms with van der Waals surface area (Å²) in [5.41, 5.74) is 7.89. The Kier molecular flexibility index (Phi) is 5.31. The fourth-order valence-electron chi connectivity index (χ4n) is 4.43. The number of amides is 1. The predicted octanol–water partition coefficient (Wildman–Crippen LogP) is 1.47. The number of hydrazine groups is 1. The first kappa shape index (κ1) is 19.5. The molecule has 154 valence electrons. The van der Waals surface area contributed by atoms with E-state index in [1.165, 1.54) is 7.11 Å². The summed E-state index contributed by atoms with van der Waals surface area (Å²) < 4.78 is 10.5. The molecule has 0 spiro atoms. The van der Waals surface area contributed by atoms with Crippen LogP contribution < -0.4 is 15.6 Å². The Morgan fingerprint density at radius 3 is 2.52 bits per heavy atom. The second-order valence-corrected chi connectivity index (χ2v) is 7.28. The fraction of sp³-hybridized carbons (Fsp3) is 0.381. The van der Waals surface area contributed by atoms with E-state index >= 15 is 0 Å². The van der Waals surface area contributed by atoms with Crippen molar-refractivity contribution in [3.63, 3.8) is 0 Å². The number of nitrogens with one attached hydrogen (secondary N) is 2. The van der Waals surface area contributed by atoms with Crippen LogP contribution in [-0.2, 0) is 9.53 Å². The lowest BCUT2D eigenvalue weighted by Gasteiger charge is -2.31. The number of rotatable bonds is 6. The zero-order valence-corrected chi connectivity index (χ0v) is 16.3. The van der Waals surface area contributed by atoms with E-state index in [4.69, 9.17) is 9.47 Å². The number of fused-ring (bicyclic) bond motifs is 1. The molecule has 2 aliphatic heterocycles. The summed E-state index contributed by atoms with van der Waals surface area (Å²) in [6, 6.07) is 11.3. The Morgan fingerprint density at radius 2 is 1.79 bits per heavy atom. The zero-order chi connectivity index (χ0) is 20.5. The van der Waals surface area contributed by atoms with Gasteiger partial charge in [-0.2, -0.15) is 0 Å². The van der Waals surface area contributed by atoms with Gasteiger partial charge in [0.2, 0.25) is 5.91 Å². The van der Waals surface area contributed by atoms with Gasteiger partial charge in [0.05, 0.1) is 25.8 Å². The first-order chi connectivity index (χ1) is 14.1. The Hall–Kier alpha value is -2.81. The van der Waals surface area contributed by atoms with E-state index in [0.29, 0.717) is 18.9 Å². The number of aromatic hydroxyl groups is 2. The highest BCUT2D eigenvalue weighted by Crippen LogP contribution is 2.49. The number of ether oxygens (including phenoxy) is 2. The molecule has 0 aromatic heterocycles. The quantitative estimate of drug-likeness (QED) is 0.583. The molecule has 0 radical (unpaired) electrons. The molecule has 0 saturated carbocycles. The predicted molar refractivity (Wildman–Crippen MR) is 105 cm³/mol. The lowest BCUT2D eigenvalue weighted by molar-refractivity contribution is -0.131. The van der Waals surface area contributed by atoms with Crippen molar-refractivity contribution in [1.29, 1.82) is 0 Å². The number of para-hydroxylation sites is 1. The van der Waals surface area contributed by atoms with E-state index in [-0.39, 0.29) is 35.4 Å². The Labute approximate surface area is 169 Å². The van der Waals surface area contributed by atoms with Crippen molar-refractivity contribution in [2.24, 2.45) is 5.92 Å². The zero-order valence-electron chi connectivity index (χ0n) is 16.3. The molecule has 0 aliphatic carbocycles. The summed E-state index contributed by atoms with van der Waals surface area (Å²) in [5.74, 6) is 0.359. The third kappa shape index (κ3) is 3.29. The van der Waals surface area contributed by atoms with Gasteiger partial charge in [-0.15, -0.1) is 0 Å². The molecule has 4 atom stereocenters. The van der Waals surface area contributed by atoms with Crippen molar-refractivity contribution < 1.29 is 24.5 Å². The van der Waals surface area contributed by atoms with Gasteiger partial charge in [0.1, 0.15) is 11.8 Å². The topological polar surface area (TPSA) is 103 Å². The monoisotopic (exact) mass is 399 g/mol. The molecule has 4 N–H and O–H groups in total. The van der Waals surface area contributed by atoms with E-state index < -0.39 is 6.04 Å². The van der Waals surface area contributed by atoms with Crippen molar-refractivity contribution in [3.05, 3.63) is 53.6 Å². The first-order valence-corrected chi connectivity index (χ1v) is 9.52. The molecule has 0 bridgehead atoms. The SMILES string of the molecule is COCCN1C(=O)C2NNC(c3ccccc3O)C2C1c1ccc(O)c(OC)c1. The van der Waals surface area contributed by atoms with Crippen molar-refractivity contribution in [2.75, 3.05) is 27.4 Å². The Bertz CT molecular complexity index is 906. The molecule has 29 heavy (non-hydrogen) atoms. The standard InChI is InChI=1S/C21H25N3O5/c1-28-10-9-24-20(12-7-8-15(26)16(11-12)29-2)17-18(22-23-19(17)21(24)27)13-5-3-4-6-14(13)25/h3-8,11,17-20,22-23,25-26H,9-10H2,1-2H3. The largest absolute Gasteiger partial charge is 0.508 e. The highest BCUT2D eigenvalue weighted by atomic mass is 16.5. The van der Waals surface area contributed by atoms with Crippen LogP contribution >= 0.6 is 0 Å². The van der Waals surface area contributed by atoms with Crippen molar-refractivity contribution in [2.45, 2.75) is 18.1 Å². The Balaban J connectivity index is 1.79. The summed E-state index contributed by atoms with van der Waals surface area (Å²) in [7, 11) is 3.10. The highest BCUT2D eigenvalue weighted by Gasteiger charge is 2.55. The van der Waals surface area contributed by atoms with Gasteiger partial charge in [-0.25, -0.2) is 10.9 Å². The normalized spacial score (nSPS) is 26.0. The molecule has 2 aliphatic rings. The number of hydrogen-bond donors (Lipinski definition) is 4. The van der Waals surface area contributed by atoms with Crippen LogP contribution in [0, 0.1) is 5.92 Å². The smallest absolute Gasteiger partial charge is 0.242 e. The second kappa shape index (κ2) is 7.90. The van der Waals surface area contributed by atoms with Gasteiger partial charge in [-0.05, 0) is 23.8 Å². The number of carbonyl (C=O) groups excluding carboxylic acids is 1. The number of benzene rings is 2. The number of phenols is 2. The van der Waals surface area contributed by atoms with Crippen LogP contribution in [0.3, 0.4) is 0 Å². The maximum atomic E-state index is 13.2. The highest BCUT2D eigenvalue weighted by molar-refractivity contribution is 5.86. The van der Waals surface area contributed by atoms with E-state index in [2.05, 4.69) is 10.9 Å². The van der Waals surface area contributed by atoms with Gasteiger partial charge in [0.15, 0.2) is 11.5 Å². The molecule has 2 aromatic rings. The van der Waals surface area contributed by atoms with Gasteiger partial charge >= 0.3 is 0 Å². The molecule has 1 amide bonds. The van der Waals surface area contributed by atoms with Gasteiger partial charge < -0.3 is 24.6 Å². The number of phenolic OH excluding ortho intramolecular Hbond substituents is 2. The molecule has 8 nitrogen and oxygen atoms in total. The van der Waals surface area contributed by atoms with E-state index in [9.17, 15) is 15.0 Å². The summed E-state index contributed by atoms with van der Waals surface area (Å²) in [6.45, 7) is 0.844. The molecule has 4 unspecified atom stereocenters. The average Bonchev–Trinajstić information content (AvgIpc) is 3.26. The number of hydrogen-bond acceptors (Lipinski definition) is 7. The maximum Gasteiger partial charge on any atom is 0.242 e. The minimum atomic E-state index is -0.443. The number of nitrogens with zero attached hydrogens (tertiary/aromatic N) is 1. The maximum absolute atomic E-state index is 13.2. The van der Waals surface area contributed by atoms with Crippen molar-refractivity contribution in [3.8, 4) is 17.2 Å². The number of likely N-dealkylation sites (tertiary alicyclic amines) is 1. The van der Waals surface area contributed by atoms with Crippen LogP contribution in [0.2, 0.25) is 0 Å². The van der Waals surface area contributed by atoms with Crippen molar-refractivity contribution >= 4 is 5.91 Å². The van der Waals surface area contributed by atoms with E-state index in [0.717, 1.165) is 11.1 Å². The van der Waals surface area contributed by atoms with E-state index in [1.807, 2.05) is 12.1 Å². The van der Waals surface area contributed by atoms with Crippen LogP contribution in [0.1, 0.15) is 23.2 Å². The lowest BCUT2D eigenvalue weighted by Crippen LogP contribution is -2.42. The van der Waals surface area contributed by atoms with Crippen LogP contribution in [0.4, 0.5) is 0 Å². The minimum absolute atomic E-state index is 0.0329. The fourth-order valence-corrected chi connectivity index (χ4v) is 4.43. The van der Waals surface area contributed by atoms with Crippen LogP contribution in [0.25, 0.3) is 0 Å². The molecule has 2 aromatic carbocycles. The third-order valence-electron chi connectivity index (χ3n) is 5.77. The number of carbonyl (C=O) groups is 1. The lowest BCUT2D eigenvalue weighted by atomic mass is 9.83. The van der Waals surface area contributed by atoms with Gasteiger partial charge in [0, 0.05) is 25.1 Å². The molecule has 4 rings (SSSR count). The summed E-state index contributed by atoms with van der Waals surface area (Å²) in [4.78, 5) is 15.0. The summed E-state index contributed by atoms with van der Waals surface area (Å²) in [5, 5.41) is 20.4. The van der Waals surface area contributed by atoms with Gasteiger partial charge in [-0.3, -0.25) is 4.79 Å². The minimum Gasteiger partial charge on any atom is -0.508 e. The van der Waals surface area contributed by atoms with E-state index in [1.54, 1.807) is 42.3 Å². The summed E-state index contributed by atoms with van der Waals surface area (Å²) >= 11 is 0. The van der Waals surface area contributed by atoms with Gasteiger partial charge in [-0.1, -0.05) is 24.3 Å². The summed E-state index contributed by atoms with van der Waals surface area (Å²) in [6.07, 6.45) is 0. The Morgan fingerprint density at radius 1 is 1.03 bits per heavy atom. The second-order valence-electron chi connectivity index (χ2n) is 7.28. The number of methoxy groups -OCH3 is 2. The molecule has 2 heterocycles. The molecule has 8 heteroatoms. The molecule has 2 saturated heterocycles. The molecular formula is C21H25N3O5. The van der Waals surface area contributed by atoms with Crippen LogP contribution in [0.15, 0.2) is 42.5 Å². The first-order valence-electron chi connectivity index (χ1n) is 9.52. The van der Waals surface area contributed by atoms with Crippen LogP contribution in [0.5, 0.6) is 17.2 Å². The average molecular weight is 399 g/mol.